The molecule has 1 unspecified atom stereocenters. The van der Waals surface area contributed by atoms with Gasteiger partial charge < -0.3 is 20.5 Å². The Hall–Kier alpha value is -3.46. The summed E-state index contributed by atoms with van der Waals surface area (Å²) in [6, 6.07) is 3.39. The van der Waals surface area contributed by atoms with E-state index in [2.05, 4.69) is 27.5 Å². The fraction of sp³-hybridized carbons (Fsp3) is 0.400. The number of pyridine rings is 2. The lowest BCUT2D eigenvalue weighted by molar-refractivity contribution is 0.00590. The van der Waals surface area contributed by atoms with Crippen molar-refractivity contribution in [3.8, 4) is 11.1 Å². The fourth-order valence-corrected chi connectivity index (χ4v) is 4.68. The topological polar surface area (TPSA) is 111 Å². The molecular formula is C25H28FN5O3. The Morgan fingerprint density at radius 3 is 2.79 bits per heavy atom. The first kappa shape index (κ1) is 22.3. The van der Waals surface area contributed by atoms with Crippen LogP contribution in [0.1, 0.15) is 43.4 Å². The zero-order valence-electron chi connectivity index (χ0n) is 19.3. The number of carbonyl (C=O) groups excluding carboxylic acids is 1. The number of fused-ring (bicyclic) bond motifs is 2. The van der Waals surface area contributed by atoms with Gasteiger partial charge >= 0.3 is 6.09 Å². The highest BCUT2D eigenvalue weighted by molar-refractivity contribution is 5.99. The van der Waals surface area contributed by atoms with Crippen molar-refractivity contribution in [2.75, 3.05) is 36.1 Å². The van der Waals surface area contributed by atoms with Crippen LogP contribution in [0.2, 0.25) is 0 Å². The maximum Gasteiger partial charge on any atom is 0.413 e. The van der Waals surface area contributed by atoms with Gasteiger partial charge in [-0.05, 0) is 36.4 Å². The molecule has 0 radical (unpaired) electrons. The first-order valence-electron chi connectivity index (χ1n) is 11.6. The van der Waals surface area contributed by atoms with Crippen LogP contribution in [0.4, 0.5) is 26.4 Å². The highest BCUT2D eigenvalue weighted by Crippen LogP contribution is 2.40. The monoisotopic (exact) mass is 465 g/mol. The minimum Gasteiger partial charge on any atom is -0.446 e. The van der Waals surface area contributed by atoms with Gasteiger partial charge in [0.05, 0.1) is 30.3 Å². The Morgan fingerprint density at radius 2 is 2.00 bits per heavy atom. The van der Waals surface area contributed by atoms with E-state index in [0.717, 1.165) is 29.9 Å². The molecule has 1 amide bonds. The third kappa shape index (κ3) is 4.11. The molecule has 1 fully saturated rings. The molecule has 2 aliphatic heterocycles. The van der Waals surface area contributed by atoms with Crippen molar-refractivity contribution in [3.63, 3.8) is 0 Å². The van der Waals surface area contributed by atoms with Crippen LogP contribution >= 0.6 is 0 Å². The summed E-state index contributed by atoms with van der Waals surface area (Å²) in [6.45, 7) is 6.12. The molecule has 5 rings (SSSR count). The van der Waals surface area contributed by atoms with Gasteiger partial charge in [-0.25, -0.2) is 14.2 Å². The highest BCUT2D eigenvalue weighted by Gasteiger charge is 2.24. The van der Waals surface area contributed by atoms with Crippen LogP contribution in [0.15, 0.2) is 24.5 Å². The van der Waals surface area contributed by atoms with Gasteiger partial charge in [-0.15, -0.1) is 0 Å². The lowest BCUT2D eigenvalue weighted by atomic mass is 9.91. The minimum atomic E-state index is -0.580. The number of rotatable bonds is 3. The Labute approximate surface area is 197 Å². The van der Waals surface area contributed by atoms with E-state index >= 15 is 4.39 Å². The standard InChI is InChI=1S/C25H28FN5O3/c1-13-3-6-28-24-14(2)18(11-30-23(13)24)17-9-15-10-20(29-12-19(15)22(27)21(17)26)31-25(32)34-16-4-7-33-8-5-16/h9-13,16,28H,3-8,27H2,1-2H3,(H,29,31,32). The number of ether oxygens (including phenoxy) is 2. The Kier molecular flexibility index (Phi) is 5.95. The molecule has 34 heavy (non-hydrogen) atoms. The van der Waals surface area contributed by atoms with Crippen LogP contribution in [-0.4, -0.2) is 41.9 Å². The largest absolute Gasteiger partial charge is 0.446 e. The van der Waals surface area contributed by atoms with E-state index in [1.165, 1.54) is 6.20 Å². The van der Waals surface area contributed by atoms with Gasteiger partial charge in [0.1, 0.15) is 11.9 Å². The lowest BCUT2D eigenvalue weighted by Gasteiger charge is -2.26. The molecule has 3 aromatic rings. The summed E-state index contributed by atoms with van der Waals surface area (Å²) < 4.78 is 26.1. The maximum atomic E-state index is 15.4. The molecule has 0 aliphatic carbocycles. The fourth-order valence-electron chi connectivity index (χ4n) is 4.68. The van der Waals surface area contributed by atoms with E-state index in [1.807, 2.05) is 6.92 Å². The molecule has 8 nitrogen and oxygen atoms in total. The van der Waals surface area contributed by atoms with E-state index in [4.69, 9.17) is 15.2 Å². The third-order valence-corrected chi connectivity index (χ3v) is 6.68. The van der Waals surface area contributed by atoms with Crippen molar-refractivity contribution < 1.29 is 18.7 Å². The van der Waals surface area contributed by atoms with Crippen molar-refractivity contribution in [1.29, 1.82) is 0 Å². The molecule has 0 spiro atoms. The normalized spacial score (nSPS) is 18.3. The van der Waals surface area contributed by atoms with E-state index in [9.17, 15) is 4.79 Å². The molecular weight excluding hydrogens is 437 g/mol. The van der Waals surface area contributed by atoms with Crippen molar-refractivity contribution in [2.45, 2.75) is 45.1 Å². The average molecular weight is 466 g/mol. The summed E-state index contributed by atoms with van der Waals surface area (Å²) in [6.07, 6.45) is 4.76. The summed E-state index contributed by atoms with van der Waals surface area (Å²) in [5.41, 5.74) is 10.1. The molecule has 1 aromatic carbocycles. The summed E-state index contributed by atoms with van der Waals surface area (Å²) >= 11 is 0. The summed E-state index contributed by atoms with van der Waals surface area (Å²) in [5, 5.41) is 7.20. The lowest BCUT2D eigenvalue weighted by Crippen LogP contribution is -2.28. The van der Waals surface area contributed by atoms with E-state index in [-0.39, 0.29) is 11.8 Å². The number of anilines is 3. The van der Waals surface area contributed by atoms with Crippen LogP contribution in [0.3, 0.4) is 0 Å². The predicted octanol–water partition coefficient (Wildman–Crippen LogP) is 4.97. The van der Waals surface area contributed by atoms with Gasteiger partial charge in [-0.1, -0.05) is 6.92 Å². The maximum absolute atomic E-state index is 15.4. The number of nitrogens with one attached hydrogen (secondary N) is 2. The van der Waals surface area contributed by atoms with Crippen molar-refractivity contribution in [2.24, 2.45) is 0 Å². The minimum absolute atomic E-state index is 0.00906. The number of halogens is 1. The molecule has 4 N–H and O–H groups in total. The molecule has 4 heterocycles. The molecule has 2 aromatic heterocycles. The van der Waals surface area contributed by atoms with Crippen molar-refractivity contribution in [1.82, 2.24) is 9.97 Å². The van der Waals surface area contributed by atoms with Crippen molar-refractivity contribution >= 4 is 34.1 Å². The van der Waals surface area contributed by atoms with Gasteiger partial charge in [0.15, 0.2) is 5.82 Å². The molecule has 0 saturated carbocycles. The number of hydrogen-bond donors (Lipinski definition) is 3. The van der Waals surface area contributed by atoms with Gasteiger partial charge in [0, 0.05) is 54.2 Å². The smallest absolute Gasteiger partial charge is 0.413 e. The Bertz CT molecular complexity index is 1260. The van der Waals surface area contributed by atoms with Gasteiger partial charge in [0.2, 0.25) is 0 Å². The molecule has 1 atom stereocenters. The average Bonchev–Trinajstić information content (AvgIpc) is 2.83. The highest BCUT2D eigenvalue weighted by atomic mass is 19.1. The van der Waals surface area contributed by atoms with Crippen LogP contribution in [0, 0.1) is 12.7 Å². The molecule has 1 saturated heterocycles. The second-order valence-corrected chi connectivity index (χ2v) is 8.96. The van der Waals surface area contributed by atoms with Crippen LogP contribution < -0.4 is 16.4 Å². The molecule has 178 valence electrons. The summed E-state index contributed by atoms with van der Waals surface area (Å²) in [7, 11) is 0. The number of amides is 1. The number of nitrogens with zero attached hydrogens (tertiary/aromatic N) is 2. The van der Waals surface area contributed by atoms with Crippen molar-refractivity contribution in [3.05, 3.63) is 41.6 Å². The Morgan fingerprint density at radius 1 is 1.21 bits per heavy atom. The quantitative estimate of drug-likeness (QED) is 0.468. The number of hydrogen-bond acceptors (Lipinski definition) is 7. The molecule has 0 bridgehead atoms. The number of aromatic nitrogens is 2. The first-order valence-corrected chi connectivity index (χ1v) is 11.6. The Balaban J connectivity index is 1.48. The second-order valence-electron chi connectivity index (χ2n) is 8.96. The predicted molar refractivity (Wildman–Crippen MR) is 130 cm³/mol. The zero-order chi connectivity index (χ0) is 23.8. The SMILES string of the molecule is Cc1c(-c2cc3cc(NC(=O)OC4CCOCC4)ncc3c(N)c2F)cnc2c1NCCC2C. The van der Waals surface area contributed by atoms with E-state index in [1.54, 1.807) is 18.3 Å². The van der Waals surface area contributed by atoms with Crippen LogP contribution in [-0.2, 0) is 9.47 Å². The van der Waals surface area contributed by atoms with Gasteiger partial charge in [-0.2, -0.15) is 0 Å². The summed E-state index contributed by atoms with van der Waals surface area (Å²) in [5.74, 6) is 0.135. The number of benzene rings is 1. The molecule has 9 heteroatoms. The van der Waals surface area contributed by atoms with Crippen LogP contribution in [0.5, 0.6) is 0 Å². The van der Waals surface area contributed by atoms with Crippen LogP contribution in [0.25, 0.3) is 21.9 Å². The molecule has 2 aliphatic rings. The summed E-state index contributed by atoms with van der Waals surface area (Å²) in [4.78, 5) is 21.2. The van der Waals surface area contributed by atoms with E-state index < -0.39 is 11.9 Å². The van der Waals surface area contributed by atoms with Gasteiger partial charge in [-0.3, -0.25) is 10.3 Å². The number of nitrogens with two attached hydrogens (primary N) is 1. The number of nitrogen functional groups attached to an aromatic ring is 1. The third-order valence-electron chi connectivity index (χ3n) is 6.68. The van der Waals surface area contributed by atoms with E-state index in [0.29, 0.717) is 59.7 Å². The van der Waals surface area contributed by atoms with Gasteiger partial charge in [0.25, 0.3) is 0 Å². The zero-order valence-corrected chi connectivity index (χ0v) is 19.3. The second kappa shape index (κ2) is 9.06. The number of carbonyl (C=O) groups is 1. The first-order chi connectivity index (χ1) is 16.4.